The quantitative estimate of drug-likeness (QED) is 0.761. The number of nitrogens with zero attached hydrogens (tertiary/aromatic N) is 6. The largest absolute Gasteiger partial charge is 0.342 e. The molecule has 8 nitrogen and oxygen atoms in total. The topological polar surface area (TPSA) is 85.9 Å². The minimum absolute atomic E-state index is 0.0254. The van der Waals surface area contributed by atoms with Crippen molar-refractivity contribution in [3.8, 4) is 0 Å². The molecule has 0 aliphatic carbocycles. The SMILES string of the molecule is CCN(CC)C(=O)Cn1cnc2c(nnn2CC)c1=O. The van der Waals surface area contributed by atoms with Crippen LogP contribution in [-0.4, -0.2) is 48.4 Å². The lowest BCUT2D eigenvalue weighted by Crippen LogP contribution is -2.36. The number of likely N-dealkylation sites (N-methyl/N-ethyl adjacent to an activating group) is 1. The third kappa shape index (κ3) is 2.40. The summed E-state index contributed by atoms with van der Waals surface area (Å²) in [5.74, 6) is -0.110. The predicted octanol–water partition coefficient (Wildman–Crippen LogP) is -0.124. The molecular weight excluding hydrogens is 260 g/mol. The summed E-state index contributed by atoms with van der Waals surface area (Å²) in [6.45, 7) is 7.49. The van der Waals surface area contributed by atoms with Gasteiger partial charge in [0.1, 0.15) is 12.9 Å². The lowest BCUT2D eigenvalue weighted by atomic mass is 10.4. The van der Waals surface area contributed by atoms with E-state index in [9.17, 15) is 9.59 Å². The van der Waals surface area contributed by atoms with Gasteiger partial charge in [-0.1, -0.05) is 5.21 Å². The Bertz CT molecular complexity index is 670. The summed E-state index contributed by atoms with van der Waals surface area (Å²) in [6.07, 6.45) is 1.38. The number of aromatic nitrogens is 5. The van der Waals surface area contributed by atoms with E-state index in [-0.39, 0.29) is 23.5 Å². The van der Waals surface area contributed by atoms with Crippen LogP contribution in [0.3, 0.4) is 0 Å². The molecule has 2 heterocycles. The van der Waals surface area contributed by atoms with E-state index in [1.807, 2.05) is 20.8 Å². The molecule has 2 aromatic heterocycles. The first-order valence-electron chi connectivity index (χ1n) is 6.68. The van der Waals surface area contributed by atoms with Crippen molar-refractivity contribution in [3.05, 3.63) is 16.7 Å². The van der Waals surface area contributed by atoms with E-state index in [1.54, 1.807) is 9.58 Å². The first-order chi connectivity index (χ1) is 9.62. The molecule has 0 aliphatic heterocycles. The highest BCUT2D eigenvalue weighted by Gasteiger charge is 2.15. The maximum atomic E-state index is 12.2. The molecule has 0 bridgehead atoms. The lowest BCUT2D eigenvalue weighted by Gasteiger charge is -2.18. The van der Waals surface area contributed by atoms with E-state index < -0.39 is 0 Å². The first-order valence-corrected chi connectivity index (χ1v) is 6.68. The zero-order valence-electron chi connectivity index (χ0n) is 11.9. The summed E-state index contributed by atoms with van der Waals surface area (Å²) >= 11 is 0. The second-order valence-corrected chi connectivity index (χ2v) is 4.32. The third-order valence-electron chi connectivity index (χ3n) is 3.21. The molecule has 2 rings (SSSR count). The van der Waals surface area contributed by atoms with Crippen molar-refractivity contribution in [1.29, 1.82) is 0 Å². The van der Waals surface area contributed by atoms with Crippen molar-refractivity contribution in [1.82, 2.24) is 29.4 Å². The van der Waals surface area contributed by atoms with Crippen molar-refractivity contribution < 1.29 is 4.79 Å². The summed E-state index contributed by atoms with van der Waals surface area (Å²) in [4.78, 5) is 30.1. The Morgan fingerprint density at radius 3 is 2.60 bits per heavy atom. The normalized spacial score (nSPS) is 10.9. The van der Waals surface area contributed by atoms with Crippen LogP contribution >= 0.6 is 0 Å². The molecular formula is C12H18N6O2. The van der Waals surface area contributed by atoms with E-state index in [4.69, 9.17) is 0 Å². The Kier molecular flexibility index (Phi) is 4.11. The molecule has 0 aliphatic rings. The average Bonchev–Trinajstić information content (AvgIpc) is 2.87. The van der Waals surface area contributed by atoms with Crippen molar-refractivity contribution >= 4 is 17.1 Å². The van der Waals surface area contributed by atoms with Crippen LogP contribution in [-0.2, 0) is 17.9 Å². The molecule has 108 valence electrons. The van der Waals surface area contributed by atoms with Gasteiger partial charge in [-0.3, -0.25) is 14.2 Å². The molecule has 0 radical (unpaired) electrons. The zero-order valence-corrected chi connectivity index (χ0v) is 11.9. The van der Waals surface area contributed by atoms with Gasteiger partial charge < -0.3 is 4.90 Å². The van der Waals surface area contributed by atoms with E-state index >= 15 is 0 Å². The molecule has 20 heavy (non-hydrogen) atoms. The fourth-order valence-electron chi connectivity index (χ4n) is 2.03. The molecule has 0 N–H and O–H groups in total. The number of aryl methyl sites for hydroxylation is 1. The van der Waals surface area contributed by atoms with Crippen molar-refractivity contribution in [2.24, 2.45) is 0 Å². The Morgan fingerprint density at radius 2 is 2.00 bits per heavy atom. The van der Waals surface area contributed by atoms with Crippen LogP contribution in [0, 0.1) is 0 Å². The van der Waals surface area contributed by atoms with Gasteiger partial charge in [-0.2, -0.15) is 0 Å². The van der Waals surface area contributed by atoms with Crippen LogP contribution in [0.2, 0.25) is 0 Å². The molecule has 2 aromatic rings. The summed E-state index contributed by atoms with van der Waals surface area (Å²) < 4.78 is 2.82. The minimum Gasteiger partial charge on any atom is -0.342 e. The summed E-state index contributed by atoms with van der Waals surface area (Å²) in [5, 5.41) is 7.69. The lowest BCUT2D eigenvalue weighted by molar-refractivity contribution is -0.131. The molecule has 0 saturated heterocycles. The van der Waals surface area contributed by atoms with Gasteiger partial charge >= 0.3 is 0 Å². The van der Waals surface area contributed by atoms with E-state index in [2.05, 4.69) is 15.3 Å². The maximum Gasteiger partial charge on any atom is 0.283 e. The molecule has 8 heteroatoms. The van der Waals surface area contributed by atoms with Crippen LogP contribution in [0.25, 0.3) is 11.2 Å². The number of rotatable bonds is 5. The minimum atomic E-state index is -0.338. The fraction of sp³-hybridized carbons (Fsp3) is 0.583. The van der Waals surface area contributed by atoms with Gasteiger partial charge in [0, 0.05) is 19.6 Å². The van der Waals surface area contributed by atoms with E-state index in [1.165, 1.54) is 10.9 Å². The standard InChI is InChI=1S/C12H18N6O2/c1-4-16(5-2)9(19)7-17-8-13-11-10(12(17)20)14-15-18(11)6-3/h8H,4-7H2,1-3H3. The Morgan fingerprint density at radius 1 is 1.30 bits per heavy atom. The van der Waals surface area contributed by atoms with Crippen molar-refractivity contribution in [2.75, 3.05) is 13.1 Å². The molecule has 0 aromatic carbocycles. The zero-order chi connectivity index (χ0) is 14.7. The van der Waals surface area contributed by atoms with Crippen molar-refractivity contribution in [3.63, 3.8) is 0 Å². The van der Waals surface area contributed by atoms with Crippen LogP contribution in [0.5, 0.6) is 0 Å². The maximum absolute atomic E-state index is 12.2. The Labute approximate surface area is 116 Å². The number of carbonyl (C=O) groups is 1. The molecule has 0 unspecified atom stereocenters. The van der Waals surface area contributed by atoms with Gasteiger partial charge in [0.25, 0.3) is 5.56 Å². The highest BCUT2D eigenvalue weighted by atomic mass is 16.2. The second-order valence-electron chi connectivity index (χ2n) is 4.32. The van der Waals surface area contributed by atoms with Crippen LogP contribution < -0.4 is 5.56 Å². The highest BCUT2D eigenvalue weighted by Crippen LogP contribution is 2.02. The van der Waals surface area contributed by atoms with Crippen LogP contribution in [0.1, 0.15) is 20.8 Å². The van der Waals surface area contributed by atoms with E-state index in [0.29, 0.717) is 25.3 Å². The fourth-order valence-corrected chi connectivity index (χ4v) is 2.03. The molecule has 0 atom stereocenters. The monoisotopic (exact) mass is 278 g/mol. The first kappa shape index (κ1) is 14.2. The van der Waals surface area contributed by atoms with Crippen molar-refractivity contribution in [2.45, 2.75) is 33.9 Å². The van der Waals surface area contributed by atoms with Gasteiger partial charge in [-0.15, -0.1) is 5.10 Å². The molecule has 0 spiro atoms. The highest BCUT2D eigenvalue weighted by molar-refractivity contribution is 5.76. The molecule has 0 fully saturated rings. The molecule has 1 amide bonds. The van der Waals surface area contributed by atoms with Gasteiger partial charge in [0.2, 0.25) is 5.91 Å². The number of carbonyl (C=O) groups excluding carboxylic acids is 1. The molecule has 0 saturated carbocycles. The van der Waals surface area contributed by atoms with E-state index in [0.717, 1.165) is 0 Å². The number of fused-ring (bicyclic) bond motifs is 1. The van der Waals surface area contributed by atoms with Gasteiger partial charge in [0.15, 0.2) is 11.2 Å². The summed E-state index contributed by atoms with van der Waals surface area (Å²) in [5.41, 5.74) is 0.306. The van der Waals surface area contributed by atoms with Crippen LogP contribution in [0.15, 0.2) is 11.1 Å². The number of hydrogen-bond acceptors (Lipinski definition) is 5. The smallest absolute Gasteiger partial charge is 0.283 e. The second kappa shape index (κ2) is 5.81. The summed E-state index contributed by atoms with van der Waals surface area (Å²) in [6, 6.07) is 0. The Hall–Kier alpha value is -2.25. The number of hydrogen-bond donors (Lipinski definition) is 0. The average molecular weight is 278 g/mol. The van der Waals surface area contributed by atoms with Gasteiger partial charge in [-0.25, -0.2) is 9.67 Å². The Balaban J connectivity index is 2.35. The third-order valence-corrected chi connectivity index (χ3v) is 3.21. The van der Waals surface area contributed by atoms with Crippen LogP contribution in [0.4, 0.5) is 0 Å². The summed E-state index contributed by atoms with van der Waals surface area (Å²) in [7, 11) is 0. The van der Waals surface area contributed by atoms with Gasteiger partial charge in [0.05, 0.1) is 0 Å². The number of amides is 1. The van der Waals surface area contributed by atoms with Gasteiger partial charge in [-0.05, 0) is 20.8 Å². The predicted molar refractivity (Wildman–Crippen MR) is 73.2 cm³/mol.